The van der Waals surface area contributed by atoms with Crippen LogP contribution in [-0.2, 0) is 17.8 Å². The predicted octanol–water partition coefficient (Wildman–Crippen LogP) is 2.77. The second kappa shape index (κ2) is 8.22. The number of fused-ring (bicyclic) bond motifs is 1. The molecule has 0 aliphatic carbocycles. The summed E-state index contributed by atoms with van der Waals surface area (Å²) in [5, 5.41) is 24.4. The largest absolute Gasteiger partial charge is 0.487 e. The molecule has 3 aromatic rings. The van der Waals surface area contributed by atoms with Crippen LogP contribution in [0.4, 0.5) is 14.6 Å². The van der Waals surface area contributed by atoms with Crippen molar-refractivity contribution in [2.75, 3.05) is 18.0 Å². The molecule has 1 saturated heterocycles. The molecule has 0 amide bonds. The summed E-state index contributed by atoms with van der Waals surface area (Å²) in [6.07, 6.45) is -0.531. The van der Waals surface area contributed by atoms with E-state index < -0.39 is 18.6 Å². The Morgan fingerprint density at radius 2 is 2.09 bits per heavy atom. The van der Waals surface area contributed by atoms with E-state index in [9.17, 15) is 13.6 Å². The van der Waals surface area contributed by atoms with Crippen molar-refractivity contribution in [3.05, 3.63) is 29.8 Å². The van der Waals surface area contributed by atoms with Gasteiger partial charge in [-0.3, -0.25) is 4.79 Å². The van der Waals surface area contributed by atoms with Gasteiger partial charge in [-0.2, -0.15) is 13.6 Å². The quantitative estimate of drug-likeness (QED) is 0.567. The second-order valence-electron chi connectivity index (χ2n) is 8.50. The van der Waals surface area contributed by atoms with Crippen LogP contribution in [0.3, 0.4) is 0 Å². The Morgan fingerprint density at radius 1 is 1.29 bits per heavy atom. The molecule has 180 valence electrons. The average molecular weight is 476 g/mol. The van der Waals surface area contributed by atoms with Gasteiger partial charge in [0.05, 0.1) is 0 Å². The van der Waals surface area contributed by atoms with Gasteiger partial charge in [0, 0.05) is 44.5 Å². The van der Waals surface area contributed by atoms with E-state index in [0.717, 1.165) is 24.6 Å². The van der Waals surface area contributed by atoms with Gasteiger partial charge in [-0.1, -0.05) is 11.2 Å². The first-order valence-corrected chi connectivity index (χ1v) is 10.8. The minimum Gasteiger partial charge on any atom is -0.487 e. The standard InChI is InChI=1S/C21H22F2N6O5/c1-20(22,23)32-14-3-2-4-15-13(14)5-6-21(33-15)7-9-28(10-8-21)17-11-16(34-26-17)19-24-27-29(25-19)12-18(30)31/h2-4,11H,5-10,12H2,1H3,(H,30,31). The Kier molecular flexibility index (Phi) is 5.33. The number of hydrogen-bond donors (Lipinski definition) is 1. The maximum absolute atomic E-state index is 13.4. The number of nitrogens with zero attached hydrogens (tertiary/aromatic N) is 6. The highest BCUT2D eigenvalue weighted by atomic mass is 19.3. The van der Waals surface area contributed by atoms with E-state index in [4.69, 9.17) is 19.1 Å². The minimum absolute atomic E-state index is 0.149. The fourth-order valence-electron chi connectivity index (χ4n) is 4.36. The van der Waals surface area contributed by atoms with Gasteiger partial charge in [-0.05, 0) is 30.2 Å². The van der Waals surface area contributed by atoms with Crippen LogP contribution in [0.15, 0.2) is 28.8 Å². The van der Waals surface area contributed by atoms with E-state index in [1.165, 1.54) is 6.07 Å². The summed E-state index contributed by atoms with van der Waals surface area (Å²) in [5.41, 5.74) is 0.284. The van der Waals surface area contributed by atoms with Gasteiger partial charge < -0.3 is 24.0 Å². The summed E-state index contributed by atoms with van der Waals surface area (Å²) < 4.78 is 43.2. The van der Waals surface area contributed by atoms with Gasteiger partial charge in [-0.25, -0.2) is 0 Å². The summed E-state index contributed by atoms with van der Waals surface area (Å²) >= 11 is 0. The molecule has 5 rings (SSSR count). The Balaban J connectivity index is 1.24. The molecule has 2 aromatic heterocycles. The lowest BCUT2D eigenvalue weighted by Gasteiger charge is -2.44. The van der Waals surface area contributed by atoms with Crippen LogP contribution in [0.2, 0.25) is 0 Å². The molecule has 1 aromatic carbocycles. The van der Waals surface area contributed by atoms with Crippen LogP contribution < -0.4 is 14.4 Å². The first-order chi connectivity index (χ1) is 16.2. The summed E-state index contributed by atoms with van der Waals surface area (Å²) in [6, 6.07) is 6.67. The Labute approximate surface area is 192 Å². The molecule has 1 N–H and O–H groups in total. The van der Waals surface area contributed by atoms with Gasteiger partial charge in [-0.15, -0.1) is 10.2 Å². The lowest BCUT2D eigenvalue weighted by molar-refractivity contribution is -0.159. The van der Waals surface area contributed by atoms with Crippen molar-refractivity contribution in [2.45, 2.75) is 50.9 Å². The number of rotatable bonds is 6. The van der Waals surface area contributed by atoms with E-state index in [2.05, 4.69) is 25.5 Å². The fourth-order valence-corrected chi connectivity index (χ4v) is 4.36. The molecule has 2 aliphatic heterocycles. The predicted molar refractivity (Wildman–Crippen MR) is 112 cm³/mol. The lowest BCUT2D eigenvalue weighted by atomic mass is 9.83. The number of carboxylic acids is 1. The average Bonchev–Trinajstić information content (AvgIpc) is 3.43. The Hall–Kier alpha value is -3.77. The SMILES string of the molecule is CC(F)(F)Oc1cccc2c1CCC1(CCN(c3cc(-c4nnn(CC(=O)O)n4)on3)CC1)O2. The first kappa shape index (κ1) is 22.0. The zero-order valence-corrected chi connectivity index (χ0v) is 18.3. The number of anilines is 1. The number of ether oxygens (including phenoxy) is 2. The molecule has 0 radical (unpaired) electrons. The van der Waals surface area contributed by atoms with Gasteiger partial charge >= 0.3 is 12.1 Å². The van der Waals surface area contributed by atoms with Crippen molar-refractivity contribution in [2.24, 2.45) is 0 Å². The molecule has 2 aliphatic rings. The fraction of sp³-hybridized carbons (Fsp3) is 0.476. The molecule has 11 nitrogen and oxygen atoms in total. The van der Waals surface area contributed by atoms with Crippen molar-refractivity contribution in [3.8, 4) is 23.1 Å². The number of halogens is 2. The molecule has 0 saturated carbocycles. The van der Waals surface area contributed by atoms with Gasteiger partial charge in [0.1, 0.15) is 17.1 Å². The van der Waals surface area contributed by atoms with Crippen molar-refractivity contribution < 1.29 is 32.7 Å². The highest BCUT2D eigenvalue weighted by molar-refractivity contribution is 5.66. The van der Waals surface area contributed by atoms with Gasteiger partial charge in [0.2, 0.25) is 11.6 Å². The molecule has 0 bridgehead atoms. The molecule has 0 unspecified atom stereocenters. The third-order valence-electron chi connectivity index (χ3n) is 5.98. The number of hydrogen-bond acceptors (Lipinski definition) is 9. The highest BCUT2D eigenvalue weighted by Gasteiger charge is 2.41. The number of aliphatic carboxylic acids is 1. The number of tetrazole rings is 1. The van der Waals surface area contributed by atoms with E-state index in [1.807, 2.05) is 0 Å². The van der Waals surface area contributed by atoms with Crippen LogP contribution in [0.25, 0.3) is 11.6 Å². The second-order valence-corrected chi connectivity index (χ2v) is 8.50. The van der Waals surface area contributed by atoms with Crippen molar-refractivity contribution in [3.63, 3.8) is 0 Å². The molecule has 4 heterocycles. The molecule has 1 spiro atoms. The minimum atomic E-state index is -3.26. The highest BCUT2D eigenvalue weighted by Crippen LogP contribution is 2.44. The molecular formula is C21H22F2N6O5. The number of carbonyl (C=O) groups is 1. The van der Waals surface area contributed by atoms with Crippen molar-refractivity contribution in [1.82, 2.24) is 25.4 Å². The van der Waals surface area contributed by atoms with Crippen LogP contribution in [-0.4, -0.2) is 61.2 Å². The molecule has 34 heavy (non-hydrogen) atoms. The van der Waals surface area contributed by atoms with E-state index in [0.29, 0.717) is 43.1 Å². The van der Waals surface area contributed by atoms with Crippen LogP contribution in [0, 0.1) is 0 Å². The first-order valence-electron chi connectivity index (χ1n) is 10.8. The number of piperidine rings is 1. The van der Waals surface area contributed by atoms with E-state index >= 15 is 0 Å². The maximum Gasteiger partial charge on any atom is 0.394 e. The van der Waals surface area contributed by atoms with Crippen LogP contribution in [0.1, 0.15) is 31.7 Å². The molecular weight excluding hydrogens is 454 g/mol. The van der Waals surface area contributed by atoms with Gasteiger partial charge in [0.25, 0.3) is 0 Å². The smallest absolute Gasteiger partial charge is 0.394 e. The zero-order chi connectivity index (χ0) is 23.9. The normalized spacial score (nSPS) is 17.3. The topological polar surface area (TPSA) is 129 Å². The van der Waals surface area contributed by atoms with Crippen molar-refractivity contribution >= 4 is 11.8 Å². The summed E-state index contributed by atoms with van der Waals surface area (Å²) in [7, 11) is 0. The van der Waals surface area contributed by atoms with E-state index in [1.54, 1.807) is 18.2 Å². The van der Waals surface area contributed by atoms with Crippen LogP contribution >= 0.6 is 0 Å². The summed E-state index contributed by atoms with van der Waals surface area (Å²) in [6.45, 7) is 1.63. The monoisotopic (exact) mass is 476 g/mol. The Bertz CT molecular complexity index is 1200. The number of alkyl halides is 2. The number of benzene rings is 1. The number of carboxylic acid groups (broad SMARTS) is 1. The van der Waals surface area contributed by atoms with Gasteiger partial charge in [0.15, 0.2) is 12.4 Å². The number of aromatic nitrogens is 5. The van der Waals surface area contributed by atoms with Crippen molar-refractivity contribution in [1.29, 1.82) is 0 Å². The summed E-state index contributed by atoms with van der Waals surface area (Å²) in [4.78, 5) is 13.8. The Morgan fingerprint density at radius 3 is 2.82 bits per heavy atom. The van der Waals surface area contributed by atoms with Crippen LogP contribution in [0.5, 0.6) is 11.5 Å². The molecule has 0 atom stereocenters. The molecule has 1 fully saturated rings. The zero-order valence-electron chi connectivity index (χ0n) is 18.3. The third kappa shape index (κ3) is 4.50. The molecule has 13 heteroatoms. The van der Waals surface area contributed by atoms with E-state index in [-0.39, 0.29) is 22.9 Å². The maximum atomic E-state index is 13.4. The third-order valence-corrected chi connectivity index (χ3v) is 5.98. The lowest BCUT2D eigenvalue weighted by Crippen LogP contribution is -2.50. The summed E-state index contributed by atoms with van der Waals surface area (Å²) in [5.74, 6) is 0.703.